The number of aryl methyl sites for hydroxylation is 2. The molecule has 1 saturated heterocycles. The third-order valence-electron chi connectivity index (χ3n) is 8.00. The van der Waals surface area contributed by atoms with Gasteiger partial charge in [-0.3, -0.25) is 19.2 Å². The number of carbonyl (C=O) groups excluding carboxylic acids is 4. The summed E-state index contributed by atoms with van der Waals surface area (Å²) in [6.45, 7) is 4.26. The Morgan fingerprint density at radius 2 is 1.44 bits per heavy atom. The molecule has 0 unspecified atom stereocenters. The van der Waals surface area contributed by atoms with Gasteiger partial charge in [0.15, 0.2) is 0 Å². The van der Waals surface area contributed by atoms with Gasteiger partial charge >= 0.3 is 0 Å². The number of carbonyl (C=O) groups is 4. The number of aromatic hydroxyl groups is 1. The molecule has 0 spiro atoms. The van der Waals surface area contributed by atoms with Gasteiger partial charge in [0.05, 0.1) is 0 Å². The highest BCUT2D eigenvalue weighted by atomic mass is 16.3. The van der Waals surface area contributed by atoms with Gasteiger partial charge in [-0.1, -0.05) is 60.7 Å². The Morgan fingerprint density at radius 1 is 0.884 bits per heavy atom. The van der Waals surface area contributed by atoms with E-state index in [-0.39, 0.29) is 30.9 Å². The number of nitrogens with two attached hydrogens (primary N) is 1. The lowest BCUT2D eigenvalue weighted by Gasteiger charge is -2.27. The van der Waals surface area contributed by atoms with Crippen molar-refractivity contribution in [1.82, 2.24) is 15.5 Å². The molecule has 1 aliphatic heterocycles. The number of amides is 4. The van der Waals surface area contributed by atoms with Crippen LogP contribution in [-0.2, 0) is 38.4 Å². The molecular formula is C34H40N4O5. The summed E-state index contributed by atoms with van der Waals surface area (Å²) in [6.07, 6.45) is 2.32. The van der Waals surface area contributed by atoms with Gasteiger partial charge in [-0.25, -0.2) is 0 Å². The zero-order valence-electron chi connectivity index (χ0n) is 24.7. The number of nitrogens with one attached hydrogen (secondary N) is 2. The molecule has 1 fully saturated rings. The first-order valence-corrected chi connectivity index (χ1v) is 14.7. The molecule has 9 nitrogen and oxygen atoms in total. The molecule has 1 heterocycles. The van der Waals surface area contributed by atoms with E-state index in [4.69, 9.17) is 5.73 Å². The molecule has 5 N–H and O–H groups in total. The minimum atomic E-state index is -0.979. The van der Waals surface area contributed by atoms with Crippen LogP contribution >= 0.6 is 0 Å². The average molecular weight is 585 g/mol. The number of likely N-dealkylation sites (tertiary alicyclic amines) is 1. The van der Waals surface area contributed by atoms with E-state index in [1.54, 1.807) is 17.0 Å². The van der Waals surface area contributed by atoms with Gasteiger partial charge in [0.25, 0.3) is 0 Å². The van der Waals surface area contributed by atoms with Crippen molar-refractivity contribution >= 4 is 23.6 Å². The molecule has 0 aromatic heterocycles. The lowest BCUT2D eigenvalue weighted by molar-refractivity contribution is -0.139. The zero-order chi connectivity index (χ0) is 30.9. The largest absolute Gasteiger partial charge is 0.508 e. The van der Waals surface area contributed by atoms with Gasteiger partial charge in [-0.2, -0.15) is 0 Å². The van der Waals surface area contributed by atoms with Crippen molar-refractivity contribution in [2.75, 3.05) is 6.54 Å². The summed E-state index contributed by atoms with van der Waals surface area (Å²) in [7, 11) is 0. The summed E-state index contributed by atoms with van der Waals surface area (Å²) >= 11 is 0. The molecule has 9 heteroatoms. The molecular weight excluding hydrogens is 544 g/mol. The standard InChI is InChI=1S/C34H40N4O5/c1-22-18-26(39)19-23(2)27(22)15-16-31(40)38-17-9-14-30(38)34(43)37-29(21-25-12-7-4-8-13-25)33(42)36-28(32(35)41)20-24-10-5-3-6-11-24/h3-8,10-13,18-19,28-30,39H,9,14-17,20-21H2,1-2H3,(H2,35,41)(H,36,42)(H,37,43)/t28-,29-,30-/m0/s1. The Hall–Kier alpha value is -4.66. The Kier molecular flexibility index (Phi) is 10.5. The maximum absolute atomic E-state index is 13.6. The molecule has 3 aromatic carbocycles. The van der Waals surface area contributed by atoms with Crippen LogP contribution in [0.3, 0.4) is 0 Å². The highest BCUT2D eigenvalue weighted by molar-refractivity contribution is 5.94. The number of rotatable bonds is 12. The lowest BCUT2D eigenvalue weighted by atomic mass is 9.97. The van der Waals surface area contributed by atoms with Crippen LogP contribution in [0.25, 0.3) is 0 Å². The minimum Gasteiger partial charge on any atom is -0.508 e. The van der Waals surface area contributed by atoms with Gasteiger partial charge in [-0.15, -0.1) is 0 Å². The summed E-state index contributed by atoms with van der Waals surface area (Å²) in [5.74, 6) is -1.54. The third-order valence-corrected chi connectivity index (χ3v) is 8.00. The first-order valence-electron chi connectivity index (χ1n) is 14.7. The van der Waals surface area contributed by atoms with Crippen molar-refractivity contribution in [2.24, 2.45) is 5.73 Å². The second kappa shape index (κ2) is 14.5. The number of benzene rings is 3. The van der Waals surface area contributed by atoms with Crippen molar-refractivity contribution in [3.8, 4) is 5.75 Å². The fourth-order valence-corrected chi connectivity index (χ4v) is 5.75. The molecule has 1 aliphatic rings. The van der Waals surface area contributed by atoms with E-state index in [1.807, 2.05) is 74.5 Å². The number of hydrogen-bond acceptors (Lipinski definition) is 5. The van der Waals surface area contributed by atoms with Crippen LogP contribution < -0.4 is 16.4 Å². The molecule has 0 bridgehead atoms. The highest BCUT2D eigenvalue weighted by Crippen LogP contribution is 2.24. The van der Waals surface area contributed by atoms with Crippen LogP contribution in [0.1, 0.15) is 47.1 Å². The molecule has 0 saturated carbocycles. The van der Waals surface area contributed by atoms with Crippen molar-refractivity contribution in [3.63, 3.8) is 0 Å². The molecule has 0 aliphatic carbocycles. The maximum atomic E-state index is 13.6. The Labute approximate surface area is 252 Å². The lowest BCUT2D eigenvalue weighted by Crippen LogP contribution is -2.57. The first kappa shape index (κ1) is 31.3. The van der Waals surface area contributed by atoms with E-state index in [0.717, 1.165) is 27.8 Å². The SMILES string of the molecule is Cc1cc(O)cc(C)c1CCC(=O)N1CCC[C@H]1C(=O)N[C@@H](Cc1ccccc1)C(=O)N[C@@H](Cc1ccccc1)C(N)=O. The van der Waals surface area contributed by atoms with E-state index in [2.05, 4.69) is 10.6 Å². The van der Waals surface area contributed by atoms with Crippen LogP contribution in [0, 0.1) is 13.8 Å². The van der Waals surface area contributed by atoms with Gasteiger partial charge in [0, 0.05) is 25.8 Å². The molecule has 226 valence electrons. The van der Waals surface area contributed by atoms with Crippen LogP contribution in [0.5, 0.6) is 5.75 Å². The van der Waals surface area contributed by atoms with E-state index in [9.17, 15) is 24.3 Å². The van der Waals surface area contributed by atoms with E-state index >= 15 is 0 Å². The van der Waals surface area contributed by atoms with Gasteiger partial charge in [-0.05, 0) is 73.1 Å². The highest BCUT2D eigenvalue weighted by Gasteiger charge is 2.36. The summed E-state index contributed by atoms with van der Waals surface area (Å²) < 4.78 is 0. The monoisotopic (exact) mass is 584 g/mol. The van der Waals surface area contributed by atoms with Gasteiger partial charge in [0.2, 0.25) is 23.6 Å². The summed E-state index contributed by atoms with van der Waals surface area (Å²) in [4.78, 5) is 54.3. The molecule has 3 aromatic rings. The molecule has 0 radical (unpaired) electrons. The molecule has 3 atom stereocenters. The fourth-order valence-electron chi connectivity index (χ4n) is 5.75. The van der Waals surface area contributed by atoms with Crippen molar-refractivity contribution in [1.29, 1.82) is 0 Å². The van der Waals surface area contributed by atoms with Crippen molar-refractivity contribution in [2.45, 2.75) is 70.5 Å². The van der Waals surface area contributed by atoms with E-state index < -0.39 is 35.8 Å². The number of phenolic OH excluding ortho intramolecular Hbond substituents is 1. The topological polar surface area (TPSA) is 142 Å². The molecule has 4 rings (SSSR count). The third kappa shape index (κ3) is 8.44. The second-order valence-corrected chi connectivity index (χ2v) is 11.2. The first-order chi connectivity index (χ1) is 20.6. The minimum absolute atomic E-state index is 0.134. The Balaban J connectivity index is 1.45. The van der Waals surface area contributed by atoms with Gasteiger partial charge in [0.1, 0.15) is 23.9 Å². The summed E-state index contributed by atoms with van der Waals surface area (Å²) in [5, 5.41) is 15.5. The Bertz CT molecular complexity index is 1420. The number of phenols is 1. The fraction of sp³-hybridized carbons (Fsp3) is 0.353. The average Bonchev–Trinajstić information content (AvgIpc) is 3.47. The Morgan fingerprint density at radius 3 is 2.00 bits per heavy atom. The second-order valence-electron chi connectivity index (χ2n) is 11.2. The smallest absolute Gasteiger partial charge is 0.243 e. The van der Waals surface area contributed by atoms with Crippen LogP contribution in [0.15, 0.2) is 72.8 Å². The van der Waals surface area contributed by atoms with E-state index in [0.29, 0.717) is 25.8 Å². The molecule has 43 heavy (non-hydrogen) atoms. The van der Waals surface area contributed by atoms with Crippen molar-refractivity contribution in [3.05, 3.63) is 101 Å². The van der Waals surface area contributed by atoms with E-state index in [1.165, 1.54) is 0 Å². The van der Waals surface area contributed by atoms with Crippen molar-refractivity contribution < 1.29 is 24.3 Å². The van der Waals surface area contributed by atoms with Crippen LogP contribution in [-0.4, -0.2) is 58.3 Å². The summed E-state index contributed by atoms with van der Waals surface area (Å²) in [5.41, 5.74) is 10.1. The number of hydrogen-bond donors (Lipinski definition) is 4. The summed E-state index contributed by atoms with van der Waals surface area (Å²) in [6, 6.07) is 19.3. The number of nitrogens with zero attached hydrogens (tertiary/aromatic N) is 1. The van der Waals surface area contributed by atoms with Crippen LogP contribution in [0.4, 0.5) is 0 Å². The zero-order valence-corrected chi connectivity index (χ0v) is 24.7. The number of primary amides is 1. The predicted octanol–water partition coefficient (Wildman–Crippen LogP) is 2.87. The predicted molar refractivity (Wildman–Crippen MR) is 164 cm³/mol. The quantitative estimate of drug-likeness (QED) is 0.259. The maximum Gasteiger partial charge on any atom is 0.243 e. The van der Waals surface area contributed by atoms with Crippen LogP contribution in [0.2, 0.25) is 0 Å². The normalized spacial score (nSPS) is 15.9. The molecule has 4 amide bonds. The van der Waals surface area contributed by atoms with Gasteiger partial charge < -0.3 is 26.4 Å².